The van der Waals surface area contributed by atoms with Gasteiger partial charge >= 0.3 is 6.18 Å². The Kier molecular flexibility index (Phi) is 9.00. The first-order valence-electron chi connectivity index (χ1n) is 9.27. The number of alkyl halides is 3. The van der Waals surface area contributed by atoms with E-state index in [0.29, 0.717) is 18.1 Å². The molecule has 0 bridgehead atoms. The van der Waals surface area contributed by atoms with Crippen molar-refractivity contribution in [1.29, 1.82) is 0 Å². The van der Waals surface area contributed by atoms with E-state index in [4.69, 9.17) is 9.47 Å². The molecule has 3 rings (SSSR count). The van der Waals surface area contributed by atoms with Crippen molar-refractivity contribution in [2.45, 2.75) is 25.6 Å². The number of pyridine rings is 1. The van der Waals surface area contributed by atoms with Gasteiger partial charge in [-0.25, -0.2) is 4.98 Å². The number of guanidine groups is 1. The van der Waals surface area contributed by atoms with Gasteiger partial charge in [-0.2, -0.15) is 13.2 Å². The molecule has 1 aromatic heterocycles. The molecule has 10 heteroatoms. The molecule has 1 aliphatic heterocycles. The van der Waals surface area contributed by atoms with Crippen molar-refractivity contribution in [3.05, 3.63) is 53.2 Å². The molecule has 2 N–H and O–H groups in total. The van der Waals surface area contributed by atoms with Crippen LogP contribution >= 0.6 is 24.0 Å². The highest BCUT2D eigenvalue weighted by atomic mass is 127. The van der Waals surface area contributed by atoms with E-state index in [2.05, 4.69) is 26.7 Å². The maximum atomic E-state index is 12.4. The Balaban J connectivity index is 0.00000320. The molecule has 0 radical (unpaired) electrons. The summed E-state index contributed by atoms with van der Waals surface area (Å²) >= 11 is 0. The fourth-order valence-corrected chi connectivity index (χ4v) is 2.96. The third-order valence-corrected chi connectivity index (χ3v) is 4.35. The number of halogens is 4. The van der Waals surface area contributed by atoms with Crippen LogP contribution in [-0.2, 0) is 19.4 Å². The third kappa shape index (κ3) is 7.22. The van der Waals surface area contributed by atoms with Crippen LogP contribution in [0.2, 0.25) is 0 Å². The standard InChI is InChI=1S/C20H23F3N4O2.HI/c1-24-19(26-9-6-14-4-5-17-15(11-14)7-10-28-17)27-12-16-3-2-8-25-18(16)29-13-20(21,22)23;/h2-5,8,11H,6-7,9-10,12-13H2,1H3,(H2,24,26,27);1H. The van der Waals surface area contributed by atoms with Crippen molar-refractivity contribution in [3.8, 4) is 11.6 Å². The highest BCUT2D eigenvalue weighted by molar-refractivity contribution is 14.0. The number of aliphatic imine (C=N–C) groups is 1. The quantitative estimate of drug-likeness (QED) is 0.323. The summed E-state index contributed by atoms with van der Waals surface area (Å²) in [4.78, 5) is 8.02. The van der Waals surface area contributed by atoms with Crippen LogP contribution in [-0.4, -0.2) is 43.9 Å². The van der Waals surface area contributed by atoms with Gasteiger partial charge in [0.15, 0.2) is 12.6 Å². The minimum Gasteiger partial charge on any atom is -0.493 e. The highest BCUT2D eigenvalue weighted by Crippen LogP contribution is 2.26. The van der Waals surface area contributed by atoms with Gasteiger partial charge in [0.05, 0.1) is 6.61 Å². The van der Waals surface area contributed by atoms with Crippen molar-refractivity contribution >= 4 is 29.9 Å². The fourth-order valence-electron chi connectivity index (χ4n) is 2.96. The second-order valence-corrected chi connectivity index (χ2v) is 6.51. The van der Waals surface area contributed by atoms with E-state index in [0.717, 1.165) is 25.2 Å². The first kappa shape index (κ1) is 24.0. The Labute approximate surface area is 190 Å². The highest BCUT2D eigenvalue weighted by Gasteiger charge is 2.29. The summed E-state index contributed by atoms with van der Waals surface area (Å²) in [6, 6.07) is 9.49. The van der Waals surface area contributed by atoms with Gasteiger partial charge in [0.1, 0.15) is 5.75 Å². The molecule has 0 atom stereocenters. The van der Waals surface area contributed by atoms with Gasteiger partial charge in [-0.05, 0) is 29.7 Å². The van der Waals surface area contributed by atoms with Gasteiger partial charge in [-0.15, -0.1) is 24.0 Å². The average molecular weight is 536 g/mol. The van der Waals surface area contributed by atoms with Crippen LogP contribution in [0.1, 0.15) is 16.7 Å². The molecule has 0 unspecified atom stereocenters. The monoisotopic (exact) mass is 536 g/mol. The number of hydrogen-bond donors (Lipinski definition) is 2. The Morgan fingerprint density at radius 2 is 2.10 bits per heavy atom. The van der Waals surface area contributed by atoms with Crippen molar-refractivity contribution < 1.29 is 22.6 Å². The molecule has 164 valence electrons. The Bertz CT molecular complexity index is 862. The number of nitrogens with zero attached hydrogens (tertiary/aromatic N) is 2. The summed E-state index contributed by atoms with van der Waals surface area (Å²) in [7, 11) is 1.63. The molecule has 0 saturated carbocycles. The molecule has 1 aliphatic rings. The summed E-state index contributed by atoms with van der Waals surface area (Å²) in [6.07, 6.45) is -1.28. The molecular weight excluding hydrogens is 512 g/mol. The van der Waals surface area contributed by atoms with Gasteiger partial charge in [0.25, 0.3) is 0 Å². The molecule has 2 aromatic rings. The number of fused-ring (bicyclic) bond motifs is 1. The summed E-state index contributed by atoms with van der Waals surface area (Å²) in [5.41, 5.74) is 2.94. The topological polar surface area (TPSA) is 67.8 Å². The van der Waals surface area contributed by atoms with Crippen molar-refractivity contribution in [3.63, 3.8) is 0 Å². The first-order valence-corrected chi connectivity index (χ1v) is 9.27. The molecule has 1 aromatic carbocycles. The zero-order chi connectivity index (χ0) is 20.7. The summed E-state index contributed by atoms with van der Waals surface area (Å²) in [5.74, 6) is 1.45. The van der Waals surface area contributed by atoms with Crippen LogP contribution in [0.15, 0.2) is 41.5 Å². The van der Waals surface area contributed by atoms with Crippen molar-refractivity contribution in [2.24, 2.45) is 4.99 Å². The number of hydrogen-bond acceptors (Lipinski definition) is 4. The number of aromatic nitrogens is 1. The van der Waals surface area contributed by atoms with Crippen molar-refractivity contribution in [1.82, 2.24) is 15.6 Å². The van der Waals surface area contributed by atoms with E-state index in [1.807, 2.05) is 12.1 Å². The third-order valence-electron chi connectivity index (χ3n) is 4.35. The van der Waals surface area contributed by atoms with Crippen molar-refractivity contribution in [2.75, 3.05) is 26.8 Å². The summed E-state index contributed by atoms with van der Waals surface area (Å²) < 4.78 is 47.5. The maximum absolute atomic E-state index is 12.4. The lowest BCUT2D eigenvalue weighted by atomic mass is 10.1. The molecule has 30 heavy (non-hydrogen) atoms. The molecule has 2 heterocycles. The SMILES string of the molecule is CN=C(NCCc1ccc2c(c1)CCO2)NCc1cccnc1OCC(F)(F)F.I. The van der Waals surface area contributed by atoms with Crippen LogP contribution in [0.25, 0.3) is 0 Å². The smallest absolute Gasteiger partial charge is 0.422 e. The number of nitrogens with one attached hydrogen (secondary N) is 2. The second-order valence-electron chi connectivity index (χ2n) is 6.51. The lowest BCUT2D eigenvalue weighted by molar-refractivity contribution is -0.154. The van der Waals surface area contributed by atoms with E-state index in [1.54, 1.807) is 19.2 Å². The minimum atomic E-state index is -4.41. The van der Waals surface area contributed by atoms with Gasteiger partial charge in [-0.3, -0.25) is 4.99 Å². The molecule has 0 spiro atoms. The number of benzene rings is 1. The molecule has 6 nitrogen and oxygen atoms in total. The predicted octanol–water partition coefficient (Wildman–Crippen LogP) is 3.48. The van der Waals surface area contributed by atoms with Gasteiger partial charge in [0.2, 0.25) is 5.88 Å². The van der Waals surface area contributed by atoms with E-state index >= 15 is 0 Å². The molecule has 0 fully saturated rings. The predicted molar refractivity (Wildman–Crippen MR) is 119 cm³/mol. The molecule has 0 saturated heterocycles. The normalized spacial score (nSPS) is 13.1. The van der Waals surface area contributed by atoms with Gasteiger partial charge in [0, 0.05) is 38.3 Å². The first-order chi connectivity index (χ1) is 13.9. The zero-order valence-electron chi connectivity index (χ0n) is 16.5. The van der Waals surface area contributed by atoms with E-state index in [-0.39, 0.29) is 36.4 Å². The largest absolute Gasteiger partial charge is 0.493 e. The molecular formula is C20H24F3IN4O2. The summed E-state index contributed by atoms with van der Waals surface area (Å²) in [6.45, 7) is 0.243. The Morgan fingerprint density at radius 3 is 2.87 bits per heavy atom. The zero-order valence-corrected chi connectivity index (χ0v) is 18.8. The summed E-state index contributed by atoms with van der Waals surface area (Å²) in [5, 5.41) is 6.27. The van der Waals surface area contributed by atoms with Crippen LogP contribution in [0.5, 0.6) is 11.6 Å². The lowest BCUT2D eigenvalue weighted by Gasteiger charge is -2.15. The minimum absolute atomic E-state index is 0. The van der Waals surface area contributed by atoms with Crippen LogP contribution < -0.4 is 20.1 Å². The van der Waals surface area contributed by atoms with E-state index in [9.17, 15) is 13.2 Å². The number of ether oxygens (including phenoxy) is 2. The van der Waals surface area contributed by atoms with Crippen LogP contribution in [0, 0.1) is 0 Å². The second kappa shape index (κ2) is 11.2. The maximum Gasteiger partial charge on any atom is 0.422 e. The van der Waals surface area contributed by atoms with Gasteiger partial charge < -0.3 is 20.1 Å². The van der Waals surface area contributed by atoms with Crippen LogP contribution in [0.3, 0.4) is 0 Å². The van der Waals surface area contributed by atoms with E-state index in [1.165, 1.54) is 17.3 Å². The molecule has 0 amide bonds. The Morgan fingerprint density at radius 1 is 1.27 bits per heavy atom. The molecule has 0 aliphatic carbocycles. The fraction of sp³-hybridized carbons (Fsp3) is 0.400. The van der Waals surface area contributed by atoms with Gasteiger partial charge in [-0.1, -0.05) is 18.2 Å². The van der Waals surface area contributed by atoms with Crippen LogP contribution in [0.4, 0.5) is 13.2 Å². The average Bonchev–Trinajstić information content (AvgIpc) is 3.17. The van der Waals surface area contributed by atoms with E-state index < -0.39 is 12.8 Å². The Hall–Kier alpha value is -2.24. The number of rotatable bonds is 7. The lowest BCUT2D eigenvalue weighted by Crippen LogP contribution is -2.38.